The Morgan fingerprint density at radius 2 is 1.94 bits per heavy atom. The van der Waals surface area contributed by atoms with Gasteiger partial charge in [0, 0.05) is 11.4 Å². The van der Waals surface area contributed by atoms with Crippen molar-refractivity contribution in [1.29, 1.82) is 0 Å². The van der Waals surface area contributed by atoms with E-state index in [2.05, 4.69) is 15.3 Å². The second-order valence-corrected chi connectivity index (χ2v) is 5.34. The van der Waals surface area contributed by atoms with E-state index in [1.165, 1.54) is 4.88 Å². The molecule has 0 bridgehead atoms. The zero-order valence-corrected chi connectivity index (χ0v) is 10.6. The fourth-order valence-electron chi connectivity index (χ4n) is 1.19. The van der Waals surface area contributed by atoms with Crippen LogP contribution in [0.15, 0.2) is 24.5 Å². The molecule has 0 saturated carbocycles. The third-order valence-corrected chi connectivity index (χ3v) is 3.39. The van der Waals surface area contributed by atoms with Crippen LogP contribution in [0.1, 0.15) is 4.88 Å². The molecule has 0 amide bonds. The fraction of sp³-hybridized carbons (Fsp3) is 0.200. The van der Waals surface area contributed by atoms with E-state index in [9.17, 15) is 0 Å². The van der Waals surface area contributed by atoms with E-state index in [0.717, 1.165) is 17.3 Å². The summed E-state index contributed by atoms with van der Waals surface area (Å²) in [7, 11) is 0. The number of rotatable bonds is 4. The van der Waals surface area contributed by atoms with Crippen LogP contribution < -0.4 is 5.32 Å². The lowest BCUT2D eigenvalue weighted by molar-refractivity contribution is 1.00. The fourth-order valence-corrected chi connectivity index (χ4v) is 2.37. The van der Waals surface area contributed by atoms with Gasteiger partial charge in [0.15, 0.2) is 0 Å². The van der Waals surface area contributed by atoms with Gasteiger partial charge in [-0.2, -0.15) is 0 Å². The van der Waals surface area contributed by atoms with Crippen LogP contribution in [-0.4, -0.2) is 16.5 Å². The van der Waals surface area contributed by atoms with Gasteiger partial charge in [0.1, 0.15) is 0 Å². The number of nitrogens with zero attached hydrogens (tertiary/aromatic N) is 2. The molecule has 3 nitrogen and oxygen atoms in total. The predicted octanol–water partition coefficient (Wildman–Crippen LogP) is 3.50. The molecule has 2 aromatic rings. The minimum absolute atomic E-state index is 0.538. The van der Waals surface area contributed by atoms with Crippen LogP contribution in [0, 0.1) is 0 Å². The highest BCUT2D eigenvalue weighted by atomic mass is 35.5. The summed E-state index contributed by atoms with van der Waals surface area (Å²) in [6, 6.07) is 3.93. The first kappa shape index (κ1) is 11.6. The van der Waals surface area contributed by atoms with Crippen molar-refractivity contribution >= 4 is 40.5 Å². The van der Waals surface area contributed by atoms with Gasteiger partial charge in [-0.15, -0.1) is 11.3 Å². The first-order valence-corrected chi connectivity index (χ1v) is 6.27. The van der Waals surface area contributed by atoms with Crippen LogP contribution in [0.3, 0.4) is 0 Å². The van der Waals surface area contributed by atoms with Crippen LogP contribution in [0.4, 0.5) is 5.95 Å². The first-order valence-electron chi connectivity index (χ1n) is 4.69. The molecule has 2 rings (SSSR count). The van der Waals surface area contributed by atoms with Crippen LogP contribution in [0.25, 0.3) is 0 Å². The van der Waals surface area contributed by atoms with Gasteiger partial charge >= 0.3 is 0 Å². The van der Waals surface area contributed by atoms with Crippen LogP contribution in [-0.2, 0) is 6.42 Å². The minimum Gasteiger partial charge on any atom is -0.354 e. The van der Waals surface area contributed by atoms with E-state index >= 15 is 0 Å². The maximum Gasteiger partial charge on any atom is 0.222 e. The summed E-state index contributed by atoms with van der Waals surface area (Å²) in [5, 5.41) is 3.65. The molecule has 84 valence electrons. The van der Waals surface area contributed by atoms with Gasteiger partial charge in [-0.25, -0.2) is 9.97 Å². The summed E-state index contributed by atoms with van der Waals surface area (Å²) in [5.74, 6) is 0.590. The zero-order chi connectivity index (χ0) is 11.4. The molecule has 0 aromatic carbocycles. The molecule has 0 aliphatic rings. The van der Waals surface area contributed by atoms with Crippen molar-refractivity contribution in [3.8, 4) is 0 Å². The van der Waals surface area contributed by atoms with Gasteiger partial charge in [-0.05, 0) is 18.6 Å². The van der Waals surface area contributed by atoms with Gasteiger partial charge in [0.05, 0.1) is 21.8 Å². The highest BCUT2D eigenvalue weighted by molar-refractivity contribution is 7.16. The van der Waals surface area contributed by atoms with Gasteiger partial charge in [0.2, 0.25) is 5.95 Å². The Hall–Kier alpha value is -0.840. The average molecular weight is 274 g/mol. The van der Waals surface area contributed by atoms with Crippen molar-refractivity contribution in [2.24, 2.45) is 0 Å². The summed E-state index contributed by atoms with van der Waals surface area (Å²) in [6.07, 6.45) is 4.04. The molecule has 16 heavy (non-hydrogen) atoms. The zero-order valence-electron chi connectivity index (χ0n) is 8.28. The summed E-state index contributed by atoms with van der Waals surface area (Å²) in [4.78, 5) is 9.32. The third-order valence-electron chi connectivity index (χ3n) is 1.90. The number of aromatic nitrogens is 2. The lowest BCUT2D eigenvalue weighted by Crippen LogP contribution is -2.06. The molecule has 0 aliphatic carbocycles. The monoisotopic (exact) mass is 273 g/mol. The molecular formula is C10H9Cl2N3S. The largest absolute Gasteiger partial charge is 0.354 e. The molecule has 0 unspecified atom stereocenters. The normalized spacial score (nSPS) is 10.4. The number of anilines is 1. The molecule has 0 spiro atoms. The molecule has 0 atom stereocenters. The van der Waals surface area contributed by atoms with Crippen molar-refractivity contribution in [2.75, 3.05) is 11.9 Å². The highest BCUT2D eigenvalue weighted by Gasteiger charge is 1.99. The van der Waals surface area contributed by atoms with E-state index < -0.39 is 0 Å². The van der Waals surface area contributed by atoms with E-state index in [-0.39, 0.29) is 0 Å². The summed E-state index contributed by atoms with van der Waals surface area (Å²) < 4.78 is 0.817. The Labute approximate surface area is 107 Å². The van der Waals surface area contributed by atoms with E-state index in [0.29, 0.717) is 11.0 Å². The number of hydrogen-bond donors (Lipinski definition) is 1. The summed E-state index contributed by atoms with van der Waals surface area (Å²) in [6.45, 7) is 0.776. The summed E-state index contributed by atoms with van der Waals surface area (Å²) in [5.41, 5.74) is 0. The second-order valence-electron chi connectivity index (χ2n) is 3.11. The van der Waals surface area contributed by atoms with Crippen LogP contribution in [0.5, 0.6) is 0 Å². The minimum atomic E-state index is 0.538. The first-order chi connectivity index (χ1) is 7.74. The van der Waals surface area contributed by atoms with Crippen molar-refractivity contribution in [2.45, 2.75) is 6.42 Å². The van der Waals surface area contributed by atoms with Gasteiger partial charge in [-0.3, -0.25) is 0 Å². The molecule has 0 aliphatic heterocycles. The SMILES string of the molecule is Clc1cnc(NCCc2ccc(Cl)s2)nc1. The Balaban J connectivity index is 1.82. The number of thiophene rings is 1. The van der Waals surface area contributed by atoms with Crippen LogP contribution in [0.2, 0.25) is 9.36 Å². The maximum absolute atomic E-state index is 5.83. The molecule has 1 N–H and O–H groups in total. The number of nitrogens with one attached hydrogen (secondary N) is 1. The predicted molar refractivity (Wildman–Crippen MR) is 68.6 cm³/mol. The van der Waals surface area contributed by atoms with Crippen molar-refractivity contribution in [1.82, 2.24) is 9.97 Å². The average Bonchev–Trinajstić information content (AvgIpc) is 2.67. The van der Waals surface area contributed by atoms with Crippen molar-refractivity contribution in [3.05, 3.63) is 38.8 Å². The molecule has 6 heteroatoms. The molecule has 2 aromatic heterocycles. The standard InChI is InChI=1S/C10H9Cl2N3S/c11-7-5-14-10(15-6-7)13-4-3-8-1-2-9(12)16-8/h1-2,5-6H,3-4H2,(H,13,14,15). The second kappa shape index (κ2) is 5.48. The lowest BCUT2D eigenvalue weighted by atomic mass is 10.3. The Bertz CT molecular complexity index is 455. The number of hydrogen-bond acceptors (Lipinski definition) is 4. The Kier molecular flexibility index (Phi) is 3.98. The molecule has 0 fully saturated rings. The van der Waals surface area contributed by atoms with E-state index in [1.54, 1.807) is 23.7 Å². The molecule has 0 saturated heterocycles. The van der Waals surface area contributed by atoms with Crippen molar-refractivity contribution in [3.63, 3.8) is 0 Å². The smallest absolute Gasteiger partial charge is 0.222 e. The Morgan fingerprint density at radius 3 is 2.56 bits per heavy atom. The van der Waals surface area contributed by atoms with Gasteiger partial charge in [0.25, 0.3) is 0 Å². The van der Waals surface area contributed by atoms with Crippen molar-refractivity contribution < 1.29 is 0 Å². The molecule has 0 radical (unpaired) electrons. The maximum atomic E-state index is 5.83. The molecule has 2 heterocycles. The molecular weight excluding hydrogens is 265 g/mol. The summed E-state index contributed by atoms with van der Waals surface area (Å²) >= 11 is 13.1. The van der Waals surface area contributed by atoms with Gasteiger partial charge in [-0.1, -0.05) is 23.2 Å². The number of halogens is 2. The van der Waals surface area contributed by atoms with E-state index in [4.69, 9.17) is 23.2 Å². The third kappa shape index (κ3) is 3.33. The quantitative estimate of drug-likeness (QED) is 0.927. The van der Waals surface area contributed by atoms with Gasteiger partial charge < -0.3 is 5.32 Å². The van der Waals surface area contributed by atoms with E-state index in [1.807, 2.05) is 12.1 Å². The Morgan fingerprint density at radius 1 is 1.19 bits per heavy atom. The highest BCUT2D eigenvalue weighted by Crippen LogP contribution is 2.21. The lowest BCUT2D eigenvalue weighted by Gasteiger charge is -2.02. The van der Waals surface area contributed by atoms with Crippen LogP contribution >= 0.6 is 34.5 Å². The topological polar surface area (TPSA) is 37.8 Å².